The van der Waals surface area contributed by atoms with Crippen molar-refractivity contribution in [3.63, 3.8) is 0 Å². The number of rotatable bonds is 3. The van der Waals surface area contributed by atoms with E-state index in [2.05, 4.69) is 38.3 Å². The van der Waals surface area contributed by atoms with Crippen LogP contribution in [0, 0.1) is 0 Å². The molecule has 1 heterocycles. The lowest BCUT2D eigenvalue weighted by molar-refractivity contribution is 0.0874. The molecule has 2 aromatic rings. The Labute approximate surface area is 150 Å². The molecule has 0 aromatic heterocycles. The maximum atomic E-state index is 13.0. The van der Waals surface area contributed by atoms with Crippen molar-refractivity contribution >= 4 is 5.91 Å². The number of carbonyl (C=O) groups excluding carboxylic acids is 1. The van der Waals surface area contributed by atoms with Crippen LogP contribution in [-0.2, 0) is 0 Å². The maximum absolute atomic E-state index is 13.0. The highest BCUT2D eigenvalue weighted by molar-refractivity contribution is 6.01. The van der Waals surface area contributed by atoms with Gasteiger partial charge in [0.25, 0.3) is 5.91 Å². The minimum absolute atomic E-state index is 0.0120. The van der Waals surface area contributed by atoms with E-state index in [1.807, 2.05) is 54.6 Å². The van der Waals surface area contributed by atoms with E-state index < -0.39 is 0 Å². The van der Waals surface area contributed by atoms with E-state index in [1.54, 1.807) is 0 Å². The molecule has 3 nitrogen and oxygen atoms in total. The van der Waals surface area contributed by atoms with Gasteiger partial charge in [0.15, 0.2) is 0 Å². The Morgan fingerprint density at radius 1 is 0.920 bits per heavy atom. The van der Waals surface area contributed by atoms with Crippen LogP contribution in [0.1, 0.15) is 50.9 Å². The number of carbonyl (C=O) groups is 1. The highest BCUT2D eigenvalue weighted by Crippen LogP contribution is 2.29. The van der Waals surface area contributed by atoms with Crippen molar-refractivity contribution in [1.82, 2.24) is 10.6 Å². The zero-order valence-corrected chi connectivity index (χ0v) is 15.6. The van der Waals surface area contributed by atoms with Gasteiger partial charge in [-0.15, -0.1) is 0 Å². The molecule has 1 amide bonds. The predicted molar refractivity (Wildman–Crippen MR) is 104 cm³/mol. The van der Waals surface area contributed by atoms with Crippen molar-refractivity contribution in [2.75, 3.05) is 0 Å². The number of amides is 1. The molecule has 3 rings (SSSR count). The Balaban J connectivity index is 1.83. The average Bonchev–Trinajstić information content (AvgIpc) is 2.52. The molecule has 2 aromatic carbocycles. The summed E-state index contributed by atoms with van der Waals surface area (Å²) in [6, 6.07) is 18.1. The molecular formula is C22H28N2O. The molecule has 0 unspecified atom stereocenters. The Bertz CT molecular complexity index is 734. The van der Waals surface area contributed by atoms with E-state index in [1.165, 1.54) is 0 Å². The van der Waals surface area contributed by atoms with Crippen LogP contribution in [0.2, 0.25) is 0 Å². The van der Waals surface area contributed by atoms with E-state index in [9.17, 15) is 4.79 Å². The molecule has 3 heteroatoms. The largest absolute Gasteiger partial charge is 0.349 e. The molecule has 0 radical (unpaired) electrons. The van der Waals surface area contributed by atoms with Gasteiger partial charge in [0.05, 0.1) is 0 Å². The second-order valence-corrected chi connectivity index (χ2v) is 8.38. The summed E-state index contributed by atoms with van der Waals surface area (Å²) in [5, 5.41) is 6.94. The van der Waals surface area contributed by atoms with E-state index in [0.717, 1.165) is 29.5 Å². The fourth-order valence-electron chi connectivity index (χ4n) is 4.24. The summed E-state index contributed by atoms with van der Waals surface area (Å²) >= 11 is 0. The van der Waals surface area contributed by atoms with Gasteiger partial charge >= 0.3 is 0 Å². The predicted octanol–water partition coefficient (Wildman–Crippen LogP) is 4.39. The topological polar surface area (TPSA) is 41.1 Å². The SMILES string of the molecule is CC1(C)CC(NC(=O)c2ccccc2-c2ccccc2)CC(C)(C)N1. The molecule has 2 N–H and O–H groups in total. The summed E-state index contributed by atoms with van der Waals surface area (Å²) in [5.41, 5.74) is 2.81. The van der Waals surface area contributed by atoms with Crippen LogP contribution in [0.5, 0.6) is 0 Å². The summed E-state index contributed by atoms with van der Waals surface area (Å²) < 4.78 is 0. The van der Waals surface area contributed by atoms with Gasteiger partial charge < -0.3 is 10.6 Å². The van der Waals surface area contributed by atoms with Crippen molar-refractivity contribution in [1.29, 1.82) is 0 Å². The number of piperidine rings is 1. The molecule has 132 valence electrons. The van der Waals surface area contributed by atoms with Crippen LogP contribution in [0.15, 0.2) is 54.6 Å². The van der Waals surface area contributed by atoms with E-state index in [-0.39, 0.29) is 23.0 Å². The third kappa shape index (κ3) is 4.29. The zero-order chi connectivity index (χ0) is 18.1. The Morgan fingerprint density at radius 2 is 1.48 bits per heavy atom. The molecule has 0 spiro atoms. The molecule has 1 fully saturated rings. The fraction of sp³-hybridized carbons (Fsp3) is 0.409. The van der Waals surface area contributed by atoms with Gasteiger partial charge in [0.1, 0.15) is 0 Å². The van der Waals surface area contributed by atoms with Gasteiger partial charge in [-0.1, -0.05) is 48.5 Å². The van der Waals surface area contributed by atoms with Crippen molar-refractivity contribution in [3.05, 3.63) is 60.2 Å². The van der Waals surface area contributed by atoms with Crippen LogP contribution >= 0.6 is 0 Å². The van der Waals surface area contributed by atoms with Crippen molar-refractivity contribution in [2.24, 2.45) is 0 Å². The standard InChI is InChI=1S/C22H28N2O/c1-21(2)14-17(15-22(3,4)24-21)23-20(25)19-13-9-8-12-18(19)16-10-6-5-7-11-16/h5-13,17,24H,14-15H2,1-4H3,(H,23,25). The molecule has 0 bridgehead atoms. The Kier molecular flexibility index (Phi) is 4.70. The molecule has 1 aliphatic heterocycles. The normalized spacial score (nSPS) is 19.4. The van der Waals surface area contributed by atoms with Gasteiger partial charge in [-0.05, 0) is 57.7 Å². The van der Waals surface area contributed by atoms with Gasteiger partial charge in [-0.25, -0.2) is 0 Å². The van der Waals surface area contributed by atoms with Gasteiger partial charge in [0, 0.05) is 22.7 Å². The van der Waals surface area contributed by atoms with Gasteiger partial charge in [-0.2, -0.15) is 0 Å². The van der Waals surface area contributed by atoms with Crippen molar-refractivity contribution < 1.29 is 4.79 Å². The third-order valence-electron chi connectivity index (χ3n) is 4.78. The first-order valence-electron chi connectivity index (χ1n) is 9.00. The van der Waals surface area contributed by atoms with Crippen LogP contribution < -0.4 is 10.6 Å². The van der Waals surface area contributed by atoms with E-state index in [4.69, 9.17) is 0 Å². The second-order valence-electron chi connectivity index (χ2n) is 8.38. The summed E-state index contributed by atoms with van der Waals surface area (Å²) in [4.78, 5) is 13.0. The van der Waals surface area contributed by atoms with Gasteiger partial charge in [0.2, 0.25) is 0 Å². The monoisotopic (exact) mass is 336 g/mol. The molecule has 1 saturated heterocycles. The number of hydrogen-bond acceptors (Lipinski definition) is 2. The Morgan fingerprint density at radius 3 is 2.12 bits per heavy atom. The molecule has 0 atom stereocenters. The molecule has 0 aliphatic carbocycles. The smallest absolute Gasteiger partial charge is 0.252 e. The summed E-state index contributed by atoms with van der Waals surface area (Å²) in [6.45, 7) is 8.80. The van der Waals surface area contributed by atoms with Crippen LogP contribution in [0.3, 0.4) is 0 Å². The minimum Gasteiger partial charge on any atom is -0.349 e. The minimum atomic E-state index is 0.0120. The van der Waals surface area contributed by atoms with Crippen molar-refractivity contribution in [3.8, 4) is 11.1 Å². The summed E-state index contributed by atoms with van der Waals surface area (Å²) in [5.74, 6) is 0.0120. The first kappa shape index (κ1) is 17.7. The van der Waals surface area contributed by atoms with Gasteiger partial charge in [-0.3, -0.25) is 4.79 Å². The lowest BCUT2D eigenvalue weighted by Crippen LogP contribution is -2.62. The van der Waals surface area contributed by atoms with Crippen LogP contribution in [0.25, 0.3) is 11.1 Å². The third-order valence-corrected chi connectivity index (χ3v) is 4.78. The summed E-state index contributed by atoms with van der Waals surface area (Å²) in [7, 11) is 0. The molecule has 25 heavy (non-hydrogen) atoms. The fourth-order valence-corrected chi connectivity index (χ4v) is 4.24. The average molecular weight is 336 g/mol. The Hall–Kier alpha value is -2.13. The van der Waals surface area contributed by atoms with Crippen molar-refractivity contribution in [2.45, 2.75) is 57.7 Å². The molecule has 1 aliphatic rings. The lowest BCUT2D eigenvalue weighted by atomic mass is 9.79. The second kappa shape index (κ2) is 6.64. The molecule has 0 saturated carbocycles. The number of hydrogen-bond donors (Lipinski definition) is 2. The highest BCUT2D eigenvalue weighted by atomic mass is 16.1. The molecular weight excluding hydrogens is 308 g/mol. The van der Waals surface area contributed by atoms with Crippen LogP contribution in [0.4, 0.5) is 0 Å². The first-order chi connectivity index (χ1) is 11.8. The maximum Gasteiger partial charge on any atom is 0.252 e. The zero-order valence-electron chi connectivity index (χ0n) is 15.6. The highest BCUT2D eigenvalue weighted by Gasteiger charge is 2.38. The van der Waals surface area contributed by atoms with E-state index in [0.29, 0.717) is 0 Å². The van der Waals surface area contributed by atoms with E-state index >= 15 is 0 Å². The van der Waals surface area contributed by atoms with Crippen LogP contribution in [-0.4, -0.2) is 23.0 Å². The number of benzene rings is 2. The number of nitrogens with one attached hydrogen (secondary N) is 2. The first-order valence-corrected chi connectivity index (χ1v) is 9.00. The lowest BCUT2D eigenvalue weighted by Gasteiger charge is -2.46. The summed E-state index contributed by atoms with van der Waals surface area (Å²) in [6.07, 6.45) is 1.85. The quantitative estimate of drug-likeness (QED) is 0.872.